The number of carboxylic acids is 1. The maximum Gasteiger partial charge on any atom is 0.331 e. The van der Waals surface area contributed by atoms with E-state index < -0.39 is 17.4 Å². The van der Waals surface area contributed by atoms with Gasteiger partial charge in [-0.3, -0.25) is 4.79 Å². The highest BCUT2D eigenvalue weighted by atomic mass is 16.5. The molecule has 1 unspecified atom stereocenters. The van der Waals surface area contributed by atoms with E-state index in [1.54, 1.807) is 18.2 Å². The standard InChI is InChI=1S/C14H17NO5/c1-9-3-4-10(7-11(9)19-2)12(16)15-14(13(17)18)5-6-20-8-14/h3-4,7H,5-6,8H2,1-2H3,(H,15,16)(H,17,18). The van der Waals surface area contributed by atoms with Gasteiger partial charge in [0.1, 0.15) is 5.75 Å². The summed E-state index contributed by atoms with van der Waals surface area (Å²) in [7, 11) is 1.52. The van der Waals surface area contributed by atoms with Gasteiger partial charge in [-0.1, -0.05) is 6.07 Å². The van der Waals surface area contributed by atoms with E-state index in [4.69, 9.17) is 9.47 Å². The van der Waals surface area contributed by atoms with Crippen molar-refractivity contribution in [3.63, 3.8) is 0 Å². The van der Waals surface area contributed by atoms with E-state index in [1.165, 1.54) is 7.11 Å². The van der Waals surface area contributed by atoms with Crippen LogP contribution in [0.5, 0.6) is 5.75 Å². The number of carbonyl (C=O) groups is 2. The summed E-state index contributed by atoms with van der Waals surface area (Å²) in [6, 6.07) is 4.99. The largest absolute Gasteiger partial charge is 0.496 e. The molecule has 1 saturated heterocycles. The molecule has 1 aliphatic heterocycles. The number of carboxylic acid groups (broad SMARTS) is 1. The van der Waals surface area contributed by atoms with Gasteiger partial charge in [0.05, 0.1) is 13.7 Å². The first-order valence-electron chi connectivity index (χ1n) is 6.27. The third-order valence-electron chi connectivity index (χ3n) is 3.45. The Labute approximate surface area is 116 Å². The molecule has 1 amide bonds. The summed E-state index contributed by atoms with van der Waals surface area (Å²) in [5.41, 5.74) is -0.0731. The van der Waals surface area contributed by atoms with Crippen LogP contribution >= 0.6 is 0 Å². The second-order valence-corrected chi connectivity index (χ2v) is 4.83. The monoisotopic (exact) mass is 279 g/mol. The molecular formula is C14H17NO5. The molecule has 0 aromatic heterocycles. The van der Waals surface area contributed by atoms with Crippen molar-refractivity contribution in [2.45, 2.75) is 18.9 Å². The molecule has 6 heteroatoms. The molecule has 1 heterocycles. The van der Waals surface area contributed by atoms with Crippen molar-refractivity contribution in [2.75, 3.05) is 20.3 Å². The lowest BCUT2D eigenvalue weighted by Gasteiger charge is -2.23. The van der Waals surface area contributed by atoms with Gasteiger partial charge < -0.3 is 19.9 Å². The molecule has 20 heavy (non-hydrogen) atoms. The van der Waals surface area contributed by atoms with Crippen molar-refractivity contribution >= 4 is 11.9 Å². The Morgan fingerprint density at radius 2 is 2.20 bits per heavy atom. The van der Waals surface area contributed by atoms with Gasteiger partial charge in [-0.05, 0) is 24.6 Å². The lowest BCUT2D eigenvalue weighted by molar-refractivity contribution is -0.144. The van der Waals surface area contributed by atoms with E-state index in [-0.39, 0.29) is 13.0 Å². The molecule has 0 aliphatic carbocycles. The Balaban J connectivity index is 2.21. The van der Waals surface area contributed by atoms with Crippen LogP contribution < -0.4 is 10.1 Å². The number of rotatable bonds is 4. The van der Waals surface area contributed by atoms with Crippen LogP contribution in [0.3, 0.4) is 0 Å². The number of aliphatic carboxylic acids is 1. The first-order chi connectivity index (χ1) is 9.48. The van der Waals surface area contributed by atoms with Crippen LogP contribution in [-0.4, -0.2) is 42.8 Å². The van der Waals surface area contributed by atoms with Crippen LogP contribution in [-0.2, 0) is 9.53 Å². The van der Waals surface area contributed by atoms with E-state index >= 15 is 0 Å². The normalized spacial score (nSPS) is 21.5. The number of amides is 1. The van der Waals surface area contributed by atoms with E-state index in [9.17, 15) is 14.7 Å². The first-order valence-corrected chi connectivity index (χ1v) is 6.27. The number of methoxy groups -OCH3 is 1. The van der Waals surface area contributed by atoms with Gasteiger partial charge >= 0.3 is 5.97 Å². The van der Waals surface area contributed by atoms with Gasteiger partial charge in [-0.25, -0.2) is 4.79 Å². The second kappa shape index (κ2) is 5.50. The predicted molar refractivity (Wildman–Crippen MR) is 71.0 cm³/mol. The van der Waals surface area contributed by atoms with Gasteiger partial charge in [-0.2, -0.15) is 0 Å². The Hall–Kier alpha value is -2.08. The Morgan fingerprint density at radius 1 is 1.45 bits per heavy atom. The molecule has 0 bridgehead atoms. The smallest absolute Gasteiger partial charge is 0.331 e. The topological polar surface area (TPSA) is 84.9 Å². The Bertz CT molecular complexity index is 534. The number of benzene rings is 1. The summed E-state index contributed by atoms with van der Waals surface area (Å²) in [6.07, 6.45) is 0.261. The molecule has 0 radical (unpaired) electrons. The highest BCUT2D eigenvalue weighted by molar-refractivity contribution is 5.98. The molecular weight excluding hydrogens is 262 g/mol. The Morgan fingerprint density at radius 3 is 2.75 bits per heavy atom. The SMILES string of the molecule is COc1cc(C(=O)NC2(C(=O)O)CCOC2)ccc1C. The summed E-state index contributed by atoms with van der Waals surface area (Å²) >= 11 is 0. The number of hydrogen-bond acceptors (Lipinski definition) is 4. The molecule has 6 nitrogen and oxygen atoms in total. The number of hydrogen-bond donors (Lipinski definition) is 2. The third-order valence-corrected chi connectivity index (χ3v) is 3.45. The number of carbonyl (C=O) groups excluding carboxylic acids is 1. The zero-order chi connectivity index (χ0) is 14.8. The zero-order valence-corrected chi connectivity index (χ0v) is 11.4. The van der Waals surface area contributed by atoms with Crippen LogP contribution in [0, 0.1) is 6.92 Å². The van der Waals surface area contributed by atoms with Gasteiger partial charge in [0.15, 0.2) is 5.54 Å². The molecule has 2 N–H and O–H groups in total. The van der Waals surface area contributed by atoms with Gasteiger partial charge in [0, 0.05) is 18.6 Å². The van der Waals surface area contributed by atoms with Crippen molar-refractivity contribution in [2.24, 2.45) is 0 Å². The molecule has 1 fully saturated rings. The van der Waals surface area contributed by atoms with Crippen LogP contribution in [0.15, 0.2) is 18.2 Å². The molecule has 1 atom stereocenters. The molecule has 0 spiro atoms. The first kappa shape index (κ1) is 14.3. The Kier molecular flexibility index (Phi) is 3.94. The average Bonchev–Trinajstić information content (AvgIpc) is 2.89. The summed E-state index contributed by atoms with van der Waals surface area (Å²) in [6.45, 7) is 2.17. The third kappa shape index (κ3) is 2.60. The fourth-order valence-corrected chi connectivity index (χ4v) is 2.14. The minimum Gasteiger partial charge on any atom is -0.496 e. The van der Waals surface area contributed by atoms with Crippen LogP contribution in [0.2, 0.25) is 0 Å². The molecule has 1 aromatic rings. The second-order valence-electron chi connectivity index (χ2n) is 4.83. The fraction of sp³-hybridized carbons (Fsp3) is 0.429. The van der Waals surface area contributed by atoms with Crippen LogP contribution in [0.1, 0.15) is 22.3 Å². The molecule has 108 valence electrons. The highest BCUT2D eigenvalue weighted by Gasteiger charge is 2.44. The van der Waals surface area contributed by atoms with Gasteiger partial charge in [0.2, 0.25) is 0 Å². The fourth-order valence-electron chi connectivity index (χ4n) is 2.14. The van der Waals surface area contributed by atoms with Gasteiger partial charge in [0.25, 0.3) is 5.91 Å². The quantitative estimate of drug-likeness (QED) is 0.858. The minimum atomic E-state index is -1.34. The van der Waals surface area contributed by atoms with Crippen molar-refractivity contribution in [1.29, 1.82) is 0 Å². The lowest BCUT2D eigenvalue weighted by Crippen LogP contribution is -2.55. The summed E-state index contributed by atoms with van der Waals surface area (Å²) in [4.78, 5) is 23.6. The molecule has 1 aromatic carbocycles. The maximum absolute atomic E-state index is 12.2. The number of aryl methyl sites for hydroxylation is 1. The summed E-state index contributed by atoms with van der Waals surface area (Å²) in [5.74, 6) is -0.941. The number of ether oxygens (including phenoxy) is 2. The van der Waals surface area contributed by atoms with E-state index in [0.29, 0.717) is 17.9 Å². The molecule has 2 rings (SSSR count). The van der Waals surface area contributed by atoms with E-state index in [2.05, 4.69) is 5.32 Å². The summed E-state index contributed by atoms with van der Waals surface area (Å²) < 4.78 is 10.3. The van der Waals surface area contributed by atoms with Crippen molar-refractivity contribution in [3.8, 4) is 5.75 Å². The highest BCUT2D eigenvalue weighted by Crippen LogP contribution is 2.22. The minimum absolute atomic E-state index is 0.0168. The lowest BCUT2D eigenvalue weighted by atomic mass is 9.98. The maximum atomic E-state index is 12.2. The zero-order valence-electron chi connectivity index (χ0n) is 11.4. The summed E-state index contributed by atoms with van der Waals surface area (Å²) in [5, 5.41) is 11.8. The van der Waals surface area contributed by atoms with Crippen molar-refractivity contribution in [1.82, 2.24) is 5.32 Å². The molecule has 1 aliphatic rings. The average molecular weight is 279 g/mol. The predicted octanol–water partition coefficient (Wildman–Crippen LogP) is 0.977. The van der Waals surface area contributed by atoms with Crippen LogP contribution in [0.4, 0.5) is 0 Å². The number of nitrogens with one attached hydrogen (secondary N) is 1. The van der Waals surface area contributed by atoms with Gasteiger partial charge in [-0.15, -0.1) is 0 Å². The van der Waals surface area contributed by atoms with Crippen molar-refractivity contribution in [3.05, 3.63) is 29.3 Å². The van der Waals surface area contributed by atoms with Crippen LogP contribution in [0.25, 0.3) is 0 Å². The van der Waals surface area contributed by atoms with Crippen molar-refractivity contribution < 1.29 is 24.2 Å². The van der Waals surface area contributed by atoms with E-state index in [0.717, 1.165) is 5.56 Å². The molecule has 0 saturated carbocycles. The van der Waals surface area contributed by atoms with E-state index in [1.807, 2.05) is 6.92 Å².